The van der Waals surface area contributed by atoms with E-state index in [4.69, 9.17) is 4.74 Å². The molecule has 5 rings (SSSR count). The normalized spacial score (nSPS) is 20.2. The number of carbonyl (C=O) groups is 1. The molecule has 174 valence electrons. The Balaban J connectivity index is 1.18. The van der Waals surface area contributed by atoms with Crippen LogP contribution in [-0.4, -0.2) is 46.6 Å². The average molecular weight is 450 g/mol. The van der Waals surface area contributed by atoms with Gasteiger partial charge in [-0.3, -0.25) is 4.79 Å². The number of esters is 1. The zero-order chi connectivity index (χ0) is 22.8. The summed E-state index contributed by atoms with van der Waals surface area (Å²) in [6.45, 7) is 1.81. The van der Waals surface area contributed by atoms with Gasteiger partial charge in [0.25, 0.3) is 0 Å². The van der Waals surface area contributed by atoms with Gasteiger partial charge >= 0.3 is 5.97 Å². The Morgan fingerprint density at radius 1 is 1.21 bits per heavy atom. The number of hydrogen-bond donors (Lipinski definition) is 1. The lowest BCUT2D eigenvalue weighted by atomic mass is 9.78. The maximum absolute atomic E-state index is 13.7. The first kappa shape index (κ1) is 22.1. The summed E-state index contributed by atoms with van der Waals surface area (Å²) >= 11 is 0. The van der Waals surface area contributed by atoms with Crippen LogP contribution in [0.3, 0.4) is 0 Å². The molecule has 0 aliphatic heterocycles. The third kappa shape index (κ3) is 5.27. The van der Waals surface area contributed by atoms with Crippen molar-refractivity contribution in [3.63, 3.8) is 0 Å². The van der Waals surface area contributed by atoms with Crippen molar-refractivity contribution in [1.82, 2.24) is 14.9 Å². The summed E-state index contributed by atoms with van der Waals surface area (Å²) in [7, 11) is 2.13. The van der Waals surface area contributed by atoms with Crippen molar-refractivity contribution < 1.29 is 13.9 Å². The SMILES string of the molecule is CN(CCCc1nc2ccccc2[nH]1)CC[C@@]1(OC(=O)C2CC2)CCc2cc(F)ccc2C1. The molecule has 1 fully saturated rings. The number of hydrogen-bond acceptors (Lipinski definition) is 4. The molecule has 1 atom stereocenters. The number of aromatic nitrogens is 2. The van der Waals surface area contributed by atoms with Crippen LogP contribution in [0.2, 0.25) is 0 Å². The van der Waals surface area contributed by atoms with Crippen LogP contribution in [0.15, 0.2) is 42.5 Å². The lowest BCUT2D eigenvalue weighted by molar-refractivity contribution is -0.164. The molecule has 5 nitrogen and oxygen atoms in total. The molecule has 0 spiro atoms. The maximum atomic E-state index is 13.7. The second-order valence-electron chi connectivity index (χ2n) is 9.83. The Kier molecular flexibility index (Phi) is 6.19. The summed E-state index contributed by atoms with van der Waals surface area (Å²) in [5, 5.41) is 0. The number of halogens is 1. The first-order chi connectivity index (χ1) is 16.0. The largest absolute Gasteiger partial charge is 0.458 e. The highest BCUT2D eigenvalue weighted by Gasteiger charge is 2.42. The number of fused-ring (bicyclic) bond motifs is 2. The Morgan fingerprint density at radius 2 is 2.06 bits per heavy atom. The molecule has 1 N–H and O–H groups in total. The Hall–Kier alpha value is -2.73. The van der Waals surface area contributed by atoms with E-state index < -0.39 is 5.60 Å². The van der Waals surface area contributed by atoms with E-state index in [2.05, 4.69) is 28.0 Å². The van der Waals surface area contributed by atoms with Crippen molar-refractivity contribution in [2.24, 2.45) is 5.92 Å². The second kappa shape index (κ2) is 9.26. The summed E-state index contributed by atoms with van der Waals surface area (Å²) < 4.78 is 19.8. The van der Waals surface area contributed by atoms with Crippen LogP contribution < -0.4 is 0 Å². The third-order valence-electron chi connectivity index (χ3n) is 7.10. The molecule has 1 aromatic heterocycles. The first-order valence-corrected chi connectivity index (χ1v) is 12.1. The van der Waals surface area contributed by atoms with Crippen LogP contribution in [0.4, 0.5) is 4.39 Å². The van der Waals surface area contributed by atoms with Gasteiger partial charge in [-0.15, -0.1) is 0 Å². The van der Waals surface area contributed by atoms with E-state index in [1.54, 1.807) is 6.07 Å². The van der Waals surface area contributed by atoms with Crippen molar-refractivity contribution in [1.29, 1.82) is 0 Å². The van der Waals surface area contributed by atoms with Crippen LogP contribution in [0.25, 0.3) is 11.0 Å². The second-order valence-corrected chi connectivity index (χ2v) is 9.83. The molecule has 3 aromatic rings. The van der Waals surface area contributed by atoms with E-state index in [1.165, 1.54) is 6.07 Å². The minimum absolute atomic E-state index is 0.0481. The number of rotatable bonds is 9. The molecular formula is C27H32FN3O2. The summed E-state index contributed by atoms with van der Waals surface area (Å²) in [5.41, 5.74) is 3.76. The molecule has 0 unspecified atom stereocenters. The highest BCUT2D eigenvalue weighted by atomic mass is 19.1. The van der Waals surface area contributed by atoms with Crippen LogP contribution in [0, 0.1) is 11.7 Å². The van der Waals surface area contributed by atoms with Gasteiger partial charge in [0.2, 0.25) is 0 Å². The number of benzene rings is 2. The smallest absolute Gasteiger partial charge is 0.309 e. The molecule has 2 aliphatic carbocycles. The molecule has 33 heavy (non-hydrogen) atoms. The van der Waals surface area contributed by atoms with Gasteiger partial charge in [-0.25, -0.2) is 9.37 Å². The van der Waals surface area contributed by atoms with Crippen LogP contribution in [0.5, 0.6) is 0 Å². The van der Waals surface area contributed by atoms with Gasteiger partial charge in [0.05, 0.1) is 17.0 Å². The quantitative estimate of drug-likeness (QED) is 0.475. The molecule has 2 aromatic carbocycles. The average Bonchev–Trinajstić information content (AvgIpc) is 3.58. The number of para-hydroxylation sites is 2. The van der Waals surface area contributed by atoms with Gasteiger partial charge in [0.15, 0.2) is 0 Å². The van der Waals surface area contributed by atoms with Gasteiger partial charge in [-0.2, -0.15) is 0 Å². The highest BCUT2D eigenvalue weighted by molar-refractivity contribution is 5.75. The topological polar surface area (TPSA) is 58.2 Å². The maximum Gasteiger partial charge on any atom is 0.309 e. The summed E-state index contributed by atoms with van der Waals surface area (Å²) in [6.07, 6.45) is 6.77. The fraction of sp³-hybridized carbons (Fsp3) is 0.481. The number of ether oxygens (including phenoxy) is 1. The predicted molar refractivity (Wildman–Crippen MR) is 127 cm³/mol. The Morgan fingerprint density at radius 3 is 2.88 bits per heavy atom. The van der Waals surface area contributed by atoms with E-state index in [1.807, 2.05) is 24.3 Å². The number of aryl methyl sites for hydroxylation is 2. The van der Waals surface area contributed by atoms with Gasteiger partial charge in [0.1, 0.15) is 17.2 Å². The highest BCUT2D eigenvalue weighted by Crippen LogP contribution is 2.38. The van der Waals surface area contributed by atoms with E-state index in [0.717, 1.165) is 86.0 Å². The fourth-order valence-electron chi connectivity index (χ4n) is 4.91. The number of H-pyrrole nitrogens is 1. The molecule has 0 saturated heterocycles. The lowest BCUT2D eigenvalue weighted by Crippen LogP contribution is -2.44. The van der Waals surface area contributed by atoms with E-state index in [-0.39, 0.29) is 17.7 Å². The Labute approximate surface area is 194 Å². The van der Waals surface area contributed by atoms with Crippen molar-refractivity contribution in [3.8, 4) is 0 Å². The van der Waals surface area contributed by atoms with Gasteiger partial charge < -0.3 is 14.6 Å². The van der Waals surface area contributed by atoms with Crippen molar-refractivity contribution >= 4 is 17.0 Å². The lowest BCUT2D eigenvalue weighted by Gasteiger charge is -2.39. The number of nitrogens with one attached hydrogen (secondary N) is 1. The first-order valence-electron chi connectivity index (χ1n) is 12.1. The number of carbonyl (C=O) groups excluding carboxylic acids is 1. The van der Waals surface area contributed by atoms with Crippen LogP contribution >= 0.6 is 0 Å². The Bertz CT molecular complexity index is 1110. The minimum Gasteiger partial charge on any atom is -0.458 e. The molecule has 0 bridgehead atoms. The van der Waals surface area contributed by atoms with Gasteiger partial charge in [-0.05, 0) is 81.1 Å². The zero-order valence-corrected chi connectivity index (χ0v) is 19.3. The predicted octanol–water partition coefficient (Wildman–Crippen LogP) is 4.84. The minimum atomic E-state index is -0.489. The standard InChI is InChI=1S/C27H32FN3O2/c1-31(15-4-7-25-29-23-5-2-3-6-24(23)30-25)16-14-27(33-26(32)19-8-9-19)13-12-20-17-22(28)11-10-21(20)18-27/h2-3,5-6,10-11,17,19H,4,7-9,12-16,18H2,1H3,(H,29,30)/t27-/m0/s1. The van der Waals surface area contributed by atoms with E-state index in [0.29, 0.717) is 6.42 Å². The zero-order valence-electron chi connectivity index (χ0n) is 19.3. The molecule has 1 saturated carbocycles. The molecule has 0 amide bonds. The summed E-state index contributed by atoms with van der Waals surface area (Å²) in [6, 6.07) is 13.1. The summed E-state index contributed by atoms with van der Waals surface area (Å²) in [4.78, 5) is 23.0. The molecule has 1 heterocycles. The molecular weight excluding hydrogens is 417 g/mol. The van der Waals surface area contributed by atoms with Crippen LogP contribution in [0.1, 0.15) is 49.1 Å². The molecule has 6 heteroatoms. The summed E-state index contributed by atoms with van der Waals surface area (Å²) in [5.74, 6) is 0.863. The van der Waals surface area contributed by atoms with Gasteiger partial charge in [-0.1, -0.05) is 18.2 Å². The van der Waals surface area contributed by atoms with Crippen molar-refractivity contribution in [2.75, 3.05) is 20.1 Å². The third-order valence-corrected chi connectivity index (χ3v) is 7.10. The fourth-order valence-corrected chi connectivity index (χ4v) is 4.91. The van der Waals surface area contributed by atoms with Gasteiger partial charge in [0, 0.05) is 25.8 Å². The van der Waals surface area contributed by atoms with E-state index in [9.17, 15) is 9.18 Å². The van der Waals surface area contributed by atoms with Crippen LogP contribution in [-0.2, 0) is 28.8 Å². The number of imidazole rings is 1. The number of aromatic amines is 1. The molecule has 0 radical (unpaired) electrons. The molecule has 2 aliphatic rings. The van der Waals surface area contributed by atoms with Crippen molar-refractivity contribution in [2.45, 2.75) is 57.0 Å². The number of nitrogens with zero attached hydrogens (tertiary/aromatic N) is 2. The van der Waals surface area contributed by atoms with E-state index >= 15 is 0 Å². The monoisotopic (exact) mass is 449 g/mol. The van der Waals surface area contributed by atoms with Crippen molar-refractivity contribution in [3.05, 3.63) is 65.2 Å².